The van der Waals surface area contributed by atoms with Crippen LogP contribution in [0.25, 0.3) is 0 Å². The van der Waals surface area contributed by atoms with Gasteiger partial charge in [0.05, 0.1) is 9.82 Å². The summed E-state index contributed by atoms with van der Waals surface area (Å²) < 4.78 is 26.8. The summed E-state index contributed by atoms with van der Waals surface area (Å²) in [7, 11) is -3.89. The van der Waals surface area contributed by atoms with Gasteiger partial charge in [-0.05, 0) is 36.8 Å². The molecule has 3 N–H and O–H groups in total. The van der Waals surface area contributed by atoms with E-state index in [9.17, 15) is 18.5 Å². The van der Waals surface area contributed by atoms with Crippen molar-refractivity contribution < 1.29 is 13.3 Å². The fourth-order valence-electron chi connectivity index (χ4n) is 1.72. The molecule has 0 saturated carbocycles. The van der Waals surface area contributed by atoms with E-state index >= 15 is 0 Å². The van der Waals surface area contributed by atoms with Crippen LogP contribution in [0.1, 0.15) is 5.56 Å². The Morgan fingerprint density at radius 3 is 2.52 bits per heavy atom. The summed E-state index contributed by atoms with van der Waals surface area (Å²) in [5.74, 6) is 0. The number of nitro groups is 1. The van der Waals surface area contributed by atoms with E-state index in [1.165, 1.54) is 24.3 Å². The number of anilines is 2. The molecule has 0 saturated heterocycles. The zero-order valence-electron chi connectivity index (χ0n) is 11.1. The smallest absolute Gasteiger partial charge is 0.270 e. The van der Waals surface area contributed by atoms with Gasteiger partial charge >= 0.3 is 0 Å². The number of rotatable bonds is 4. The molecule has 2 aromatic carbocycles. The van der Waals surface area contributed by atoms with Gasteiger partial charge in [-0.3, -0.25) is 14.8 Å². The number of hydrogen-bond acceptors (Lipinski definition) is 5. The topological polar surface area (TPSA) is 115 Å². The second-order valence-corrected chi connectivity index (χ2v) is 6.11. The predicted octanol–water partition coefficient (Wildman–Crippen LogP) is 2.29. The highest BCUT2D eigenvalue weighted by molar-refractivity contribution is 7.92. The quantitative estimate of drug-likeness (QED) is 0.511. The Hall–Kier alpha value is -2.61. The largest absolute Gasteiger partial charge is 0.399 e. The number of sulfonamides is 1. The van der Waals surface area contributed by atoms with Crippen LogP contribution >= 0.6 is 0 Å². The van der Waals surface area contributed by atoms with E-state index in [-0.39, 0.29) is 10.6 Å². The van der Waals surface area contributed by atoms with Crippen LogP contribution in [-0.2, 0) is 10.0 Å². The zero-order chi connectivity index (χ0) is 15.6. The maximum atomic E-state index is 12.2. The van der Waals surface area contributed by atoms with E-state index in [0.29, 0.717) is 11.4 Å². The number of nitrogens with one attached hydrogen (secondary N) is 1. The molecule has 0 heterocycles. The second kappa shape index (κ2) is 5.41. The van der Waals surface area contributed by atoms with E-state index in [0.717, 1.165) is 11.6 Å². The first kappa shape index (κ1) is 14.8. The number of nitrogens with zero attached hydrogens (tertiary/aromatic N) is 1. The summed E-state index contributed by atoms with van der Waals surface area (Å²) in [6.07, 6.45) is 0. The predicted molar refractivity (Wildman–Crippen MR) is 79.5 cm³/mol. The van der Waals surface area contributed by atoms with Crippen molar-refractivity contribution >= 4 is 27.1 Å². The molecule has 0 bridgehead atoms. The van der Waals surface area contributed by atoms with Crippen molar-refractivity contribution in [2.75, 3.05) is 10.5 Å². The Morgan fingerprint density at radius 2 is 1.90 bits per heavy atom. The minimum absolute atomic E-state index is 0.175. The monoisotopic (exact) mass is 307 g/mol. The SMILES string of the molecule is Cc1cc(NS(=O)(=O)c2cccc([N+](=O)[O-])c2)ccc1N. The van der Waals surface area contributed by atoms with Crippen LogP contribution < -0.4 is 10.5 Å². The van der Waals surface area contributed by atoms with E-state index < -0.39 is 14.9 Å². The summed E-state index contributed by atoms with van der Waals surface area (Å²) in [6.45, 7) is 1.75. The standard InChI is InChI=1S/C13H13N3O4S/c1-9-7-10(5-6-13(9)14)15-21(19,20)12-4-2-3-11(8-12)16(17)18/h2-8,15H,14H2,1H3. The van der Waals surface area contributed by atoms with Gasteiger partial charge in [0, 0.05) is 23.5 Å². The van der Waals surface area contributed by atoms with Gasteiger partial charge in [0.1, 0.15) is 0 Å². The van der Waals surface area contributed by atoms with Crippen molar-refractivity contribution in [1.82, 2.24) is 0 Å². The van der Waals surface area contributed by atoms with Crippen LogP contribution in [-0.4, -0.2) is 13.3 Å². The molecule has 0 aliphatic carbocycles. The van der Waals surface area contributed by atoms with Gasteiger partial charge < -0.3 is 5.73 Å². The van der Waals surface area contributed by atoms with Gasteiger partial charge in [0.15, 0.2) is 0 Å². The minimum atomic E-state index is -3.89. The van der Waals surface area contributed by atoms with Crippen LogP contribution in [0.5, 0.6) is 0 Å². The van der Waals surface area contributed by atoms with Crippen molar-refractivity contribution in [3.63, 3.8) is 0 Å². The number of nitrogen functional groups attached to an aromatic ring is 1. The lowest BCUT2D eigenvalue weighted by Crippen LogP contribution is -2.13. The van der Waals surface area contributed by atoms with Gasteiger partial charge in [-0.15, -0.1) is 0 Å². The first-order valence-electron chi connectivity index (χ1n) is 5.93. The lowest BCUT2D eigenvalue weighted by Gasteiger charge is -2.09. The molecule has 0 aromatic heterocycles. The lowest BCUT2D eigenvalue weighted by atomic mass is 10.2. The van der Waals surface area contributed by atoms with Crippen molar-refractivity contribution in [1.29, 1.82) is 0 Å². The van der Waals surface area contributed by atoms with Crippen LogP contribution in [0.4, 0.5) is 17.1 Å². The fourth-order valence-corrected chi connectivity index (χ4v) is 2.81. The highest BCUT2D eigenvalue weighted by Gasteiger charge is 2.17. The normalized spacial score (nSPS) is 11.1. The average molecular weight is 307 g/mol. The van der Waals surface area contributed by atoms with Gasteiger partial charge in [-0.25, -0.2) is 8.42 Å². The zero-order valence-corrected chi connectivity index (χ0v) is 11.9. The highest BCUT2D eigenvalue weighted by atomic mass is 32.2. The van der Waals surface area contributed by atoms with Crippen LogP contribution in [0.15, 0.2) is 47.4 Å². The molecule has 2 aromatic rings. The van der Waals surface area contributed by atoms with Gasteiger partial charge in [-0.2, -0.15) is 0 Å². The third-order valence-electron chi connectivity index (χ3n) is 2.86. The third-order valence-corrected chi connectivity index (χ3v) is 4.24. The van der Waals surface area contributed by atoms with E-state index in [1.54, 1.807) is 19.1 Å². The Bertz CT molecular complexity index is 803. The van der Waals surface area contributed by atoms with E-state index in [4.69, 9.17) is 5.73 Å². The number of aryl methyl sites for hydroxylation is 1. The van der Waals surface area contributed by atoms with E-state index in [2.05, 4.69) is 4.72 Å². The summed E-state index contributed by atoms with van der Waals surface area (Å²) in [4.78, 5) is 9.88. The Balaban J connectivity index is 2.36. The molecule has 0 atom stereocenters. The number of nitrogens with two attached hydrogens (primary N) is 1. The number of hydrogen-bond donors (Lipinski definition) is 2. The number of benzene rings is 2. The molecule has 8 heteroatoms. The van der Waals surface area contributed by atoms with Gasteiger partial charge in [0.2, 0.25) is 0 Å². The van der Waals surface area contributed by atoms with Crippen molar-refractivity contribution in [3.8, 4) is 0 Å². The molecule has 21 heavy (non-hydrogen) atoms. The van der Waals surface area contributed by atoms with Crippen molar-refractivity contribution in [2.24, 2.45) is 0 Å². The van der Waals surface area contributed by atoms with Crippen LogP contribution in [0, 0.1) is 17.0 Å². The first-order valence-corrected chi connectivity index (χ1v) is 7.41. The molecule has 110 valence electrons. The maximum absolute atomic E-state index is 12.2. The Morgan fingerprint density at radius 1 is 1.19 bits per heavy atom. The molecule has 0 aliphatic rings. The van der Waals surface area contributed by atoms with Crippen molar-refractivity contribution in [3.05, 3.63) is 58.1 Å². The average Bonchev–Trinajstić information content (AvgIpc) is 2.43. The minimum Gasteiger partial charge on any atom is -0.399 e. The van der Waals surface area contributed by atoms with Crippen molar-refractivity contribution in [2.45, 2.75) is 11.8 Å². The van der Waals surface area contributed by atoms with Gasteiger partial charge in [0.25, 0.3) is 15.7 Å². The molecule has 7 nitrogen and oxygen atoms in total. The second-order valence-electron chi connectivity index (χ2n) is 4.43. The highest BCUT2D eigenvalue weighted by Crippen LogP contribution is 2.22. The molecular weight excluding hydrogens is 294 g/mol. The molecule has 0 fully saturated rings. The molecule has 0 amide bonds. The third kappa shape index (κ3) is 3.29. The Labute approximate surface area is 121 Å². The molecule has 0 aliphatic heterocycles. The Kier molecular flexibility index (Phi) is 3.81. The molecule has 2 rings (SSSR count). The molecule has 0 radical (unpaired) electrons. The summed E-state index contributed by atoms with van der Waals surface area (Å²) >= 11 is 0. The summed E-state index contributed by atoms with van der Waals surface area (Å²) in [5, 5.41) is 10.7. The lowest BCUT2D eigenvalue weighted by molar-refractivity contribution is -0.385. The number of nitro benzene ring substituents is 1. The maximum Gasteiger partial charge on any atom is 0.270 e. The molecule has 0 spiro atoms. The fraction of sp³-hybridized carbons (Fsp3) is 0.0769. The summed E-state index contributed by atoms with van der Waals surface area (Å²) in [6, 6.07) is 9.54. The van der Waals surface area contributed by atoms with Crippen LogP contribution in [0.2, 0.25) is 0 Å². The summed E-state index contributed by atoms with van der Waals surface area (Å²) in [5.41, 5.74) is 7.00. The number of non-ortho nitro benzene ring substituents is 1. The molecule has 0 unspecified atom stereocenters. The van der Waals surface area contributed by atoms with Crippen LogP contribution in [0.3, 0.4) is 0 Å². The first-order chi connectivity index (χ1) is 9.79. The van der Waals surface area contributed by atoms with E-state index in [1.807, 2.05) is 0 Å². The van der Waals surface area contributed by atoms with Gasteiger partial charge in [-0.1, -0.05) is 6.07 Å². The molecular formula is C13H13N3O4S.